The van der Waals surface area contributed by atoms with Crippen LogP contribution in [0.3, 0.4) is 0 Å². The molecule has 0 saturated heterocycles. The van der Waals surface area contributed by atoms with Crippen LogP contribution in [0.4, 0.5) is 0 Å². The van der Waals surface area contributed by atoms with Gasteiger partial charge in [-0.15, -0.1) is 0 Å². The van der Waals surface area contributed by atoms with Crippen molar-refractivity contribution in [3.8, 4) is 5.75 Å². The fraction of sp³-hybridized carbons (Fsp3) is 0.273. The van der Waals surface area contributed by atoms with Crippen molar-refractivity contribution in [2.45, 2.75) is 38.8 Å². The zero-order valence-electron chi connectivity index (χ0n) is 15.8. The van der Waals surface area contributed by atoms with E-state index in [4.69, 9.17) is 4.74 Å². The monoisotopic (exact) mass is 378 g/mol. The van der Waals surface area contributed by atoms with Crippen molar-refractivity contribution in [1.29, 1.82) is 0 Å². The van der Waals surface area contributed by atoms with Crippen molar-refractivity contribution in [3.63, 3.8) is 0 Å². The third kappa shape index (κ3) is 3.33. The molecule has 1 aromatic heterocycles. The normalized spacial score (nSPS) is 16.4. The van der Waals surface area contributed by atoms with E-state index in [1.54, 1.807) is 6.20 Å². The molecule has 1 aliphatic rings. The van der Waals surface area contributed by atoms with E-state index in [1.165, 1.54) is 0 Å². The predicted molar refractivity (Wildman–Crippen MR) is 106 cm³/mol. The van der Waals surface area contributed by atoms with Crippen LogP contribution in [0.15, 0.2) is 42.6 Å². The predicted octanol–water partition coefficient (Wildman–Crippen LogP) is 2.90. The number of hydrogen-bond donors (Lipinski definition) is 3. The Balaban J connectivity index is 1.48. The quantitative estimate of drug-likeness (QED) is 0.637. The number of hydrogen-bond acceptors (Lipinski definition) is 3. The second kappa shape index (κ2) is 7.03. The molecule has 4 rings (SSSR count). The van der Waals surface area contributed by atoms with Gasteiger partial charge < -0.3 is 20.1 Å². The number of aromatic nitrogens is 1. The van der Waals surface area contributed by atoms with E-state index in [0.717, 1.165) is 33.2 Å². The molecule has 6 heteroatoms. The first-order chi connectivity index (χ1) is 13.4. The maximum atomic E-state index is 12.7. The lowest BCUT2D eigenvalue weighted by atomic mass is 10.0. The highest BCUT2D eigenvalue weighted by Crippen LogP contribution is 2.31. The van der Waals surface area contributed by atoms with Gasteiger partial charge in [0.15, 0.2) is 6.10 Å². The molecular formula is C22H22N2O4. The largest absolute Gasteiger partial charge is 0.480 e. The molecular weight excluding hydrogens is 356 g/mol. The minimum Gasteiger partial charge on any atom is -0.480 e. The second-order valence-corrected chi connectivity index (χ2v) is 7.32. The molecule has 1 aliphatic heterocycles. The van der Waals surface area contributed by atoms with E-state index in [2.05, 4.69) is 10.3 Å². The minimum atomic E-state index is -1.07. The fourth-order valence-corrected chi connectivity index (χ4v) is 3.64. The summed E-state index contributed by atoms with van der Waals surface area (Å²) in [6, 6.07) is 10.6. The van der Waals surface area contributed by atoms with Crippen molar-refractivity contribution < 1.29 is 19.4 Å². The van der Waals surface area contributed by atoms with Gasteiger partial charge in [0.1, 0.15) is 11.8 Å². The molecule has 3 N–H and O–H groups in total. The van der Waals surface area contributed by atoms with E-state index in [-0.39, 0.29) is 6.42 Å². The summed E-state index contributed by atoms with van der Waals surface area (Å²) in [5, 5.41) is 13.2. The van der Waals surface area contributed by atoms with Crippen LogP contribution in [-0.2, 0) is 22.4 Å². The molecule has 0 fully saturated rings. The number of aromatic amines is 1. The first-order valence-electron chi connectivity index (χ1n) is 9.27. The van der Waals surface area contributed by atoms with Crippen molar-refractivity contribution >= 4 is 22.8 Å². The van der Waals surface area contributed by atoms with Crippen LogP contribution in [0, 0.1) is 13.8 Å². The number of fused-ring (bicyclic) bond motifs is 2. The number of H-pyrrole nitrogens is 1. The summed E-state index contributed by atoms with van der Waals surface area (Å²) in [4.78, 5) is 27.6. The van der Waals surface area contributed by atoms with Gasteiger partial charge in [0.25, 0.3) is 5.91 Å². The van der Waals surface area contributed by atoms with E-state index in [0.29, 0.717) is 12.2 Å². The molecule has 144 valence electrons. The number of rotatable bonds is 5. The van der Waals surface area contributed by atoms with Gasteiger partial charge in [-0.3, -0.25) is 4.79 Å². The molecule has 2 unspecified atom stereocenters. The summed E-state index contributed by atoms with van der Waals surface area (Å²) in [6.07, 6.45) is 1.73. The Morgan fingerprint density at radius 3 is 2.79 bits per heavy atom. The Hall–Kier alpha value is -3.28. The number of aryl methyl sites for hydroxylation is 2. The van der Waals surface area contributed by atoms with Gasteiger partial charge in [-0.1, -0.05) is 24.3 Å². The lowest BCUT2D eigenvalue weighted by Crippen LogP contribution is -2.47. The Labute approximate surface area is 162 Å². The first-order valence-corrected chi connectivity index (χ1v) is 9.27. The summed E-state index contributed by atoms with van der Waals surface area (Å²) in [6.45, 7) is 4.01. The first kappa shape index (κ1) is 18.1. The van der Waals surface area contributed by atoms with Crippen molar-refractivity contribution in [2.75, 3.05) is 0 Å². The molecule has 28 heavy (non-hydrogen) atoms. The molecule has 0 spiro atoms. The lowest BCUT2D eigenvalue weighted by molar-refractivity contribution is -0.142. The Bertz CT molecular complexity index is 1040. The summed E-state index contributed by atoms with van der Waals surface area (Å²) in [7, 11) is 0. The number of carboxylic acid groups (broad SMARTS) is 1. The molecule has 2 heterocycles. The average molecular weight is 378 g/mol. The van der Waals surface area contributed by atoms with Crippen LogP contribution in [-0.4, -0.2) is 34.1 Å². The molecule has 0 radical (unpaired) electrons. The van der Waals surface area contributed by atoms with Gasteiger partial charge in [-0.2, -0.15) is 0 Å². The third-order valence-corrected chi connectivity index (χ3v) is 5.36. The van der Waals surface area contributed by atoms with Gasteiger partial charge in [0.2, 0.25) is 0 Å². The molecule has 0 saturated carbocycles. The number of carbonyl (C=O) groups excluding carboxylic acids is 1. The SMILES string of the molecule is Cc1cc2c(cc1C)OC(C(=O)NC(Cc1c[nH]c3ccccc13)C(=O)O)C2. The topological polar surface area (TPSA) is 91.4 Å². The number of carboxylic acids is 1. The molecule has 6 nitrogen and oxygen atoms in total. The minimum absolute atomic E-state index is 0.197. The number of ether oxygens (including phenoxy) is 1. The van der Waals surface area contributed by atoms with Gasteiger partial charge in [-0.25, -0.2) is 4.79 Å². The van der Waals surface area contributed by atoms with Crippen LogP contribution < -0.4 is 10.1 Å². The number of para-hydroxylation sites is 1. The molecule has 0 bridgehead atoms. The van der Waals surface area contributed by atoms with Crippen LogP contribution in [0.1, 0.15) is 22.3 Å². The van der Waals surface area contributed by atoms with Gasteiger partial charge >= 0.3 is 5.97 Å². The highest BCUT2D eigenvalue weighted by atomic mass is 16.5. The third-order valence-electron chi connectivity index (χ3n) is 5.36. The summed E-state index contributed by atoms with van der Waals surface area (Å²) in [5.41, 5.74) is 5.01. The van der Waals surface area contributed by atoms with Crippen LogP contribution in [0.25, 0.3) is 10.9 Å². The van der Waals surface area contributed by atoms with E-state index >= 15 is 0 Å². The smallest absolute Gasteiger partial charge is 0.326 e. The van der Waals surface area contributed by atoms with E-state index in [1.807, 2.05) is 50.2 Å². The fourth-order valence-electron chi connectivity index (χ4n) is 3.64. The van der Waals surface area contributed by atoms with E-state index < -0.39 is 24.0 Å². The Morgan fingerprint density at radius 1 is 1.25 bits per heavy atom. The number of carbonyl (C=O) groups is 2. The summed E-state index contributed by atoms with van der Waals surface area (Å²) in [5.74, 6) is -0.772. The zero-order chi connectivity index (χ0) is 19.8. The van der Waals surface area contributed by atoms with Crippen molar-refractivity contribution in [1.82, 2.24) is 10.3 Å². The highest BCUT2D eigenvalue weighted by Gasteiger charge is 2.32. The molecule has 0 aliphatic carbocycles. The lowest BCUT2D eigenvalue weighted by Gasteiger charge is -2.17. The van der Waals surface area contributed by atoms with Gasteiger partial charge in [0, 0.05) is 29.9 Å². The standard InChI is InChI=1S/C22H22N2O4/c1-12-7-14-10-20(28-19(14)8-13(12)2)21(25)24-18(22(26)27)9-15-11-23-17-6-4-3-5-16(15)17/h3-8,11,18,20,23H,9-10H2,1-2H3,(H,24,25)(H,26,27). The maximum Gasteiger partial charge on any atom is 0.326 e. The van der Waals surface area contributed by atoms with E-state index in [9.17, 15) is 14.7 Å². The van der Waals surface area contributed by atoms with Crippen molar-refractivity contribution in [3.05, 3.63) is 64.8 Å². The Morgan fingerprint density at radius 2 is 2.00 bits per heavy atom. The van der Waals surface area contributed by atoms with Gasteiger partial charge in [-0.05, 0) is 48.2 Å². The Kier molecular flexibility index (Phi) is 4.55. The molecule has 2 aromatic carbocycles. The molecule has 2 atom stereocenters. The van der Waals surface area contributed by atoms with Crippen LogP contribution in [0.5, 0.6) is 5.75 Å². The van der Waals surface area contributed by atoms with Crippen LogP contribution in [0.2, 0.25) is 0 Å². The molecule has 1 amide bonds. The number of nitrogens with one attached hydrogen (secondary N) is 2. The number of aliphatic carboxylic acids is 1. The highest BCUT2D eigenvalue weighted by molar-refractivity contribution is 5.89. The van der Waals surface area contributed by atoms with Gasteiger partial charge in [0.05, 0.1) is 0 Å². The van der Waals surface area contributed by atoms with Crippen LogP contribution >= 0.6 is 0 Å². The average Bonchev–Trinajstić information content (AvgIpc) is 3.25. The summed E-state index contributed by atoms with van der Waals surface area (Å²) < 4.78 is 5.78. The van der Waals surface area contributed by atoms with Crippen molar-refractivity contribution in [2.24, 2.45) is 0 Å². The summed E-state index contributed by atoms with van der Waals surface area (Å²) >= 11 is 0. The maximum absolute atomic E-state index is 12.7. The zero-order valence-corrected chi connectivity index (χ0v) is 15.8. The second-order valence-electron chi connectivity index (χ2n) is 7.32. The number of benzene rings is 2. The number of amides is 1. The molecule has 3 aromatic rings.